The lowest BCUT2D eigenvalue weighted by atomic mass is 10.1. The summed E-state index contributed by atoms with van der Waals surface area (Å²) in [5, 5.41) is 11.3. The van der Waals surface area contributed by atoms with Crippen LogP contribution >= 0.6 is 11.3 Å². The summed E-state index contributed by atoms with van der Waals surface area (Å²) in [6, 6.07) is 3.91. The fourth-order valence-electron chi connectivity index (χ4n) is 3.58. The SMILES string of the molecule is N#Cc1c2n(c(=O)n(CC(=O)N3CCc4sccc4C3)c1=O)CCC2. The topological polar surface area (TPSA) is 88.1 Å². The lowest BCUT2D eigenvalue weighted by Crippen LogP contribution is -2.46. The third kappa shape index (κ3) is 2.51. The van der Waals surface area contributed by atoms with Gasteiger partial charge in [-0.15, -0.1) is 11.3 Å². The summed E-state index contributed by atoms with van der Waals surface area (Å²) in [6.07, 6.45) is 2.07. The standard InChI is InChI=1S/C17H16N4O3S/c18-8-12-13-2-1-5-20(13)17(24)21(16(12)23)10-15(22)19-6-3-14-11(9-19)4-7-25-14/h4,7H,1-3,5-6,9-10H2. The van der Waals surface area contributed by atoms with E-state index in [1.54, 1.807) is 16.2 Å². The zero-order chi connectivity index (χ0) is 17.6. The molecule has 7 nitrogen and oxygen atoms in total. The molecule has 4 rings (SSSR count). The minimum absolute atomic E-state index is 0.0105. The minimum Gasteiger partial charge on any atom is -0.336 e. The second-order valence-electron chi connectivity index (χ2n) is 6.30. The Bertz CT molecular complexity index is 1020. The molecule has 4 heterocycles. The van der Waals surface area contributed by atoms with Crippen LogP contribution in [0.15, 0.2) is 21.0 Å². The first-order valence-electron chi connectivity index (χ1n) is 8.19. The molecule has 0 saturated carbocycles. The van der Waals surface area contributed by atoms with Crippen molar-refractivity contribution < 1.29 is 4.79 Å². The van der Waals surface area contributed by atoms with Gasteiger partial charge in [-0.3, -0.25) is 14.2 Å². The number of carbonyl (C=O) groups excluding carboxylic acids is 1. The molecule has 2 aliphatic rings. The van der Waals surface area contributed by atoms with E-state index in [2.05, 4.69) is 0 Å². The van der Waals surface area contributed by atoms with Gasteiger partial charge in [-0.2, -0.15) is 5.26 Å². The molecule has 0 spiro atoms. The van der Waals surface area contributed by atoms with Gasteiger partial charge < -0.3 is 4.90 Å². The van der Waals surface area contributed by atoms with Crippen LogP contribution in [0.25, 0.3) is 0 Å². The Hall–Kier alpha value is -2.66. The summed E-state index contributed by atoms with van der Waals surface area (Å²) in [4.78, 5) is 40.7. The van der Waals surface area contributed by atoms with Crippen LogP contribution < -0.4 is 11.2 Å². The molecule has 2 aromatic rings. The van der Waals surface area contributed by atoms with Crippen LogP contribution in [0.4, 0.5) is 0 Å². The summed E-state index contributed by atoms with van der Waals surface area (Å²) >= 11 is 1.68. The van der Waals surface area contributed by atoms with Gasteiger partial charge in [-0.1, -0.05) is 0 Å². The van der Waals surface area contributed by atoms with Crippen molar-refractivity contribution in [2.45, 2.75) is 38.9 Å². The van der Waals surface area contributed by atoms with Gasteiger partial charge in [-0.05, 0) is 36.3 Å². The molecule has 0 atom stereocenters. The second kappa shape index (κ2) is 6.01. The predicted octanol–water partition coefficient (Wildman–Crippen LogP) is 0.474. The van der Waals surface area contributed by atoms with E-state index >= 15 is 0 Å². The molecule has 0 N–H and O–H groups in total. The zero-order valence-corrected chi connectivity index (χ0v) is 14.3. The van der Waals surface area contributed by atoms with Gasteiger partial charge in [0.15, 0.2) is 0 Å². The van der Waals surface area contributed by atoms with E-state index in [0.717, 1.165) is 23.0 Å². The maximum Gasteiger partial charge on any atom is 0.331 e. The highest BCUT2D eigenvalue weighted by Crippen LogP contribution is 2.24. The number of rotatable bonds is 2. The maximum absolute atomic E-state index is 12.6. The second-order valence-corrected chi connectivity index (χ2v) is 7.30. The maximum atomic E-state index is 12.6. The summed E-state index contributed by atoms with van der Waals surface area (Å²) in [6.45, 7) is 1.26. The molecule has 8 heteroatoms. The Morgan fingerprint density at radius 1 is 1.28 bits per heavy atom. The van der Waals surface area contributed by atoms with E-state index in [1.165, 1.54) is 9.44 Å². The van der Waals surface area contributed by atoms with Gasteiger partial charge >= 0.3 is 5.69 Å². The Balaban J connectivity index is 1.66. The number of hydrogen-bond donors (Lipinski definition) is 0. The van der Waals surface area contributed by atoms with Crippen molar-refractivity contribution in [3.8, 4) is 6.07 Å². The number of nitriles is 1. The fourth-order valence-corrected chi connectivity index (χ4v) is 4.47. The van der Waals surface area contributed by atoms with Crippen molar-refractivity contribution in [2.24, 2.45) is 0 Å². The zero-order valence-electron chi connectivity index (χ0n) is 13.5. The van der Waals surface area contributed by atoms with Crippen LogP contribution in [0.5, 0.6) is 0 Å². The highest BCUT2D eigenvalue weighted by Gasteiger charge is 2.26. The van der Waals surface area contributed by atoms with E-state index < -0.39 is 11.2 Å². The largest absolute Gasteiger partial charge is 0.336 e. The highest BCUT2D eigenvalue weighted by atomic mass is 32.1. The van der Waals surface area contributed by atoms with E-state index in [0.29, 0.717) is 31.7 Å². The number of thiophene rings is 1. The van der Waals surface area contributed by atoms with Crippen LogP contribution in [-0.2, 0) is 37.3 Å². The highest BCUT2D eigenvalue weighted by molar-refractivity contribution is 7.10. The predicted molar refractivity (Wildman–Crippen MR) is 91.4 cm³/mol. The van der Waals surface area contributed by atoms with Gasteiger partial charge in [0.05, 0.1) is 0 Å². The number of aromatic nitrogens is 2. The van der Waals surface area contributed by atoms with Crippen LogP contribution in [0, 0.1) is 11.3 Å². The molecule has 2 aromatic heterocycles. The van der Waals surface area contributed by atoms with Crippen molar-refractivity contribution >= 4 is 17.2 Å². The first-order chi connectivity index (χ1) is 12.1. The van der Waals surface area contributed by atoms with E-state index in [1.807, 2.05) is 17.5 Å². The van der Waals surface area contributed by atoms with Crippen LogP contribution in [-0.4, -0.2) is 26.5 Å². The average molecular weight is 356 g/mol. The third-order valence-electron chi connectivity index (χ3n) is 4.90. The van der Waals surface area contributed by atoms with Crippen molar-refractivity contribution in [3.63, 3.8) is 0 Å². The van der Waals surface area contributed by atoms with Gasteiger partial charge in [-0.25, -0.2) is 9.36 Å². The van der Waals surface area contributed by atoms with Crippen molar-refractivity contribution in [1.29, 1.82) is 5.26 Å². The van der Waals surface area contributed by atoms with E-state index in [9.17, 15) is 19.6 Å². The van der Waals surface area contributed by atoms with Gasteiger partial charge in [0.25, 0.3) is 5.56 Å². The molecule has 128 valence electrons. The van der Waals surface area contributed by atoms with E-state index in [4.69, 9.17) is 0 Å². The molecule has 0 radical (unpaired) electrons. The first kappa shape index (κ1) is 15.8. The average Bonchev–Trinajstić information content (AvgIpc) is 3.27. The normalized spacial score (nSPS) is 15.6. The Kier molecular flexibility index (Phi) is 3.81. The van der Waals surface area contributed by atoms with Gasteiger partial charge in [0.2, 0.25) is 5.91 Å². The van der Waals surface area contributed by atoms with Gasteiger partial charge in [0, 0.05) is 30.2 Å². The Labute approximate surface area is 147 Å². The summed E-state index contributed by atoms with van der Waals surface area (Å²) in [5.41, 5.74) is 0.478. The lowest BCUT2D eigenvalue weighted by Gasteiger charge is -2.27. The molecular weight excluding hydrogens is 340 g/mol. The monoisotopic (exact) mass is 356 g/mol. The summed E-state index contributed by atoms with van der Waals surface area (Å²) < 4.78 is 2.37. The van der Waals surface area contributed by atoms with Crippen LogP contribution in [0.3, 0.4) is 0 Å². The van der Waals surface area contributed by atoms with Crippen molar-refractivity contribution in [3.05, 3.63) is 54.0 Å². The molecule has 0 aliphatic carbocycles. The lowest BCUT2D eigenvalue weighted by molar-refractivity contribution is -0.132. The summed E-state index contributed by atoms with van der Waals surface area (Å²) in [7, 11) is 0. The Morgan fingerprint density at radius 3 is 2.92 bits per heavy atom. The number of carbonyl (C=O) groups is 1. The van der Waals surface area contributed by atoms with E-state index in [-0.39, 0.29) is 18.0 Å². The summed E-state index contributed by atoms with van der Waals surface area (Å²) in [5.74, 6) is -0.265. The number of amides is 1. The molecule has 0 aromatic carbocycles. The molecule has 1 amide bonds. The number of hydrogen-bond acceptors (Lipinski definition) is 5. The van der Waals surface area contributed by atoms with Crippen LogP contribution in [0.1, 0.15) is 28.1 Å². The molecule has 0 fully saturated rings. The number of nitrogens with zero attached hydrogens (tertiary/aromatic N) is 4. The minimum atomic E-state index is -0.651. The van der Waals surface area contributed by atoms with Crippen molar-refractivity contribution in [1.82, 2.24) is 14.0 Å². The molecule has 25 heavy (non-hydrogen) atoms. The van der Waals surface area contributed by atoms with Gasteiger partial charge in [0.1, 0.15) is 18.2 Å². The molecule has 2 aliphatic heterocycles. The van der Waals surface area contributed by atoms with Crippen molar-refractivity contribution in [2.75, 3.05) is 6.54 Å². The quantitative estimate of drug-likeness (QED) is 0.783. The molecular formula is C17H16N4O3S. The molecule has 0 saturated heterocycles. The van der Waals surface area contributed by atoms with Crippen LogP contribution in [0.2, 0.25) is 0 Å². The molecule has 0 bridgehead atoms. The first-order valence-corrected chi connectivity index (χ1v) is 9.07. The fraction of sp³-hybridized carbons (Fsp3) is 0.412. The third-order valence-corrected chi connectivity index (χ3v) is 5.92. The Morgan fingerprint density at radius 2 is 2.12 bits per heavy atom. The molecule has 0 unspecified atom stereocenters. The smallest absolute Gasteiger partial charge is 0.331 e. The number of fused-ring (bicyclic) bond motifs is 2.